The van der Waals surface area contributed by atoms with Crippen molar-refractivity contribution in [1.29, 1.82) is 10.5 Å². The zero-order chi connectivity index (χ0) is 37.1. The molecular weight excluding hydrogens is 689 g/mol. The van der Waals surface area contributed by atoms with Gasteiger partial charge in [-0.05, 0) is 72.8 Å². The first-order valence-electron chi connectivity index (χ1n) is 18.5. The Bertz CT molecular complexity index is 3750. The average Bonchev–Trinajstić information content (AvgIpc) is 4.00. The van der Waals surface area contributed by atoms with Gasteiger partial charge in [0.15, 0.2) is 0 Å². The lowest BCUT2D eigenvalue weighted by atomic mass is 9.95. The zero-order valence-corrected chi connectivity index (χ0v) is 29.6. The number of para-hydroxylation sites is 4. The van der Waals surface area contributed by atoms with Crippen molar-refractivity contribution >= 4 is 87.5 Å². The summed E-state index contributed by atoms with van der Waals surface area (Å²) >= 11 is 0. The van der Waals surface area contributed by atoms with E-state index in [-0.39, 0.29) is 0 Å². The van der Waals surface area contributed by atoms with Crippen LogP contribution in [0, 0.1) is 22.7 Å². The van der Waals surface area contributed by atoms with Crippen LogP contribution in [0.5, 0.6) is 0 Å². The summed E-state index contributed by atoms with van der Waals surface area (Å²) in [5.74, 6) is 0. The third kappa shape index (κ3) is 3.97. The van der Waals surface area contributed by atoms with Crippen LogP contribution >= 0.6 is 0 Å². The SMILES string of the molecule is N#Cc1ccc(-n2c3ccccc3c3ccc4oc5ccccc5c4c32)c(-c2cccc(-n3c4ccccc4c4ccc5oc6ccccc6c5c43)c2C#N)c1. The lowest BCUT2D eigenvalue weighted by Crippen LogP contribution is -2.03. The van der Waals surface area contributed by atoms with Crippen molar-refractivity contribution in [3.05, 3.63) is 169 Å². The van der Waals surface area contributed by atoms with Gasteiger partial charge in [0.05, 0.1) is 61.4 Å². The first-order chi connectivity index (χ1) is 27.7. The van der Waals surface area contributed by atoms with E-state index >= 15 is 0 Å². The maximum atomic E-state index is 11.3. The molecule has 0 atom stereocenters. The van der Waals surface area contributed by atoms with E-state index in [1.807, 2.05) is 84.9 Å². The van der Waals surface area contributed by atoms with Crippen molar-refractivity contribution in [2.45, 2.75) is 0 Å². The van der Waals surface area contributed by atoms with Crippen molar-refractivity contribution in [2.24, 2.45) is 0 Å². The fourth-order valence-electron chi connectivity index (χ4n) is 9.12. The smallest absolute Gasteiger partial charge is 0.137 e. The molecule has 0 aliphatic carbocycles. The summed E-state index contributed by atoms with van der Waals surface area (Å²) in [6, 6.07) is 58.1. The van der Waals surface area contributed by atoms with Crippen LogP contribution in [0.4, 0.5) is 0 Å². The van der Waals surface area contributed by atoms with Crippen molar-refractivity contribution in [3.8, 4) is 34.6 Å². The minimum atomic E-state index is 0.496. The minimum absolute atomic E-state index is 0.496. The van der Waals surface area contributed by atoms with Crippen molar-refractivity contribution < 1.29 is 8.83 Å². The number of furan rings is 2. The molecule has 8 aromatic carbocycles. The zero-order valence-electron chi connectivity index (χ0n) is 29.6. The number of aromatic nitrogens is 2. The molecule has 56 heavy (non-hydrogen) atoms. The van der Waals surface area contributed by atoms with Crippen LogP contribution in [0.2, 0.25) is 0 Å². The summed E-state index contributed by atoms with van der Waals surface area (Å²) in [4.78, 5) is 0. The standard InChI is InChI=1S/C50H26N4O2/c51-27-29-20-23-42(54-40-16-6-2-11-32(40)34-22-25-46-48(50(34)54)36-13-4-8-19-44(36)56-46)37(26-29)30-14-9-17-41(38(30)28-52)53-39-15-5-1-10-31(39)33-21-24-45-47(49(33)53)35-12-3-7-18-43(35)55-45/h1-26H. The average molecular weight is 715 g/mol. The summed E-state index contributed by atoms with van der Waals surface area (Å²) in [6.45, 7) is 0. The Morgan fingerprint density at radius 1 is 0.393 bits per heavy atom. The second-order valence-electron chi connectivity index (χ2n) is 14.2. The number of rotatable bonds is 3. The predicted octanol–water partition coefficient (Wildman–Crippen LogP) is 13.1. The highest BCUT2D eigenvalue weighted by Gasteiger charge is 2.25. The Kier molecular flexibility index (Phi) is 6.10. The van der Waals surface area contributed by atoms with Gasteiger partial charge in [-0.2, -0.15) is 10.5 Å². The van der Waals surface area contributed by atoms with Gasteiger partial charge in [0.2, 0.25) is 0 Å². The monoisotopic (exact) mass is 714 g/mol. The summed E-state index contributed by atoms with van der Waals surface area (Å²) < 4.78 is 17.3. The molecule has 0 aliphatic rings. The molecule has 0 radical (unpaired) electrons. The normalized spacial score (nSPS) is 11.9. The van der Waals surface area contributed by atoms with Crippen LogP contribution in [0.15, 0.2) is 167 Å². The lowest BCUT2D eigenvalue weighted by Gasteiger charge is -2.18. The molecule has 4 heterocycles. The van der Waals surface area contributed by atoms with Crippen LogP contribution in [0.1, 0.15) is 11.1 Å². The van der Waals surface area contributed by atoms with E-state index in [0.717, 1.165) is 110 Å². The topological polar surface area (TPSA) is 83.7 Å². The van der Waals surface area contributed by atoms with Crippen molar-refractivity contribution in [1.82, 2.24) is 9.13 Å². The molecule has 0 spiro atoms. The van der Waals surface area contributed by atoms with E-state index in [2.05, 4.69) is 94.1 Å². The van der Waals surface area contributed by atoms with Gasteiger partial charge in [-0.1, -0.05) is 84.9 Å². The predicted molar refractivity (Wildman–Crippen MR) is 225 cm³/mol. The quantitative estimate of drug-likeness (QED) is 0.182. The van der Waals surface area contributed by atoms with Gasteiger partial charge in [-0.25, -0.2) is 0 Å². The Morgan fingerprint density at radius 2 is 0.929 bits per heavy atom. The Labute approximate surface area is 318 Å². The number of nitriles is 2. The van der Waals surface area contributed by atoms with Crippen LogP contribution in [0.3, 0.4) is 0 Å². The van der Waals surface area contributed by atoms with Crippen molar-refractivity contribution in [2.75, 3.05) is 0 Å². The van der Waals surface area contributed by atoms with Gasteiger partial charge in [-0.15, -0.1) is 0 Å². The van der Waals surface area contributed by atoms with Gasteiger partial charge in [-0.3, -0.25) is 0 Å². The molecule has 12 aromatic rings. The summed E-state index contributed by atoms with van der Waals surface area (Å²) in [5, 5.41) is 30.0. The molecule has 0 N–H and O–H groups in total. The first-order valence-corrected chi connectivity index (χ1v) is 18.5. The molecular formula is C50H26N4O2. The Balaban J connectivity index is 1.22. The summed E-state index contributed by atoms with van der Waals surface area (Å²) in [6.07, 6.45) is 0. The fraction of sp³-hybridized carbons (Fsp3) is 0. The highest BCUT2D eigenvalue weighted by atomic mass is 16.3. The van der Waals surface area contributed by atoms with E-state index in [1.54, 1.807) is 0 Å². The maximum absolute atomic E-state index is 11.3. The molecule has 0 saturated carbocycles. The number of hydrogen-bond acceptors (Lipinski definition) is 4. The summed E-state index contributed by atoms with van der Waals surface area (Å²) in [5.41, 5.74) is 11.3. The molecule has 6 nitrogen and oxygen atoms in total. The van der Waals surface area contributed by atoms with Gasteiger partial charge in [0.1, 0.15) is 28.4 Å². The second kappa shape index (κ2) is 11.2. The van der Waals surface area contributed by atoms with Gasteiger partial charge in [0.25, 0.3) is 0 Å². The van der Waals surface area contributed by atoms with E-state index < -0.39 is 0 Å². The minimum Gasteiger partial charge on any atom is -0.456 e. The van der Waals surface area contributed by atoms with Crippen molar-refractivity contribution in [3.63, 3.8) is 0 Å². The van der Waals surface area contributed by atoms with Gasteiger partial charge in [0, 0.05) is 43.4 Å². The van der Waals surface area contributed by atoms with Crippen LogP contribution in [-0.2, 0) is 0 Å². The van der Waals surface area contributed by atoms with Crippen LogP contribution in [-0.4, -0.2) is 9.13 Å². The molecule has 4 aromatic heterocycles. The molecule has 0 saturated heterocycles. The molecule has 0 amide bonds. The highest BCUT2D eigenvalue weighted by Crippen LogP contribution is 2.45. The molecule has 0 bridgehead atoms. The van der Waals surface area contributed by atoms with E-state index in [4.69, 9.17) is 8.83 Å². The number of hydrogen-bond donors (Lipinski definition) is 0. The van der Waals surface area contributed by atoms with E-state index in [0.29, 0.717) is 11.1 Å². The Morgan fingerprint density at radius 3 is 1.50 bits per heavy atom. The Hall–Kier alpha value is -8.06. The molecule has 0 fully saturated rings. The molecule has 0 unspecified atom stereocenters. The molecule has 12 rings (SSSR count). The van der Waals surface area contributed by atoms with Crippen LogP contribution < -0.4 is 0 Å². The van der Waals surface area contributed by atoms with E-state index in [1.165, 1.54) is 0 Å². The molecule has 6 heteroatoms. The van der Waals surface area contributed by atoms with E-state index in [9.17, 15) is 10.5 Å². The maximum Gasteiger partial charge on any atom is 0.137 e. The molecule has 0 aliphatic heterocycles. The largest absolute Gasteiger partial charge is 0.456 e. The van der Waals surface area contributed by atoms with Gasteiger partial charge >= 0.3 is 0 Å². The third-order valence-corrected chi connectivity index (χ3v) is 11.4. The third-order valence-electron chi connectivity index (χ3n) is 11.4. The number of fused-ring (bicyclic) bond motifs is 14. The first kappa shape index (κ1) is 30.4. The molecule has 258 valence electrons. The lowest BCUT2D eigenvalue weighted by molar-refractivity contribution is 0.669. The van der Waals surface area contributed by atoms with Gasteiger partial charge < -0.3 is 18.0 Å². The summed E-state index contributed by atoms with van der Waals surface area (Å²) in [7, 11) is 0. The fourth-order valence-corrected chi connectivity index (χ4v) is 9.12. The number of benzene rings is 8. The van der Waals surface area contributed by atoms with Crippen LogP contribution in [0.25, 0.3) is 110 Å². The highest BCUT2D eigenvalue weighted by molar-refractivity contribution is 6.26. The number of nitrogens with zero attached hydrogens (tertiary/aromatic N) is 4. The second-order valence-corrected chi connectivity index (χ2v) is 14.2.